The molecule has 29 heavy (non-hydrogen) atoms. The van der Waals surface area contributed by atoms with Gasteiger partial charge in [0.1, 0.15) is 0 Å². The van der Waals surface area contributed by atoms with Gasteiger partial charge in [-0.05, 0) is 22.4 Å². The number of aromatic nitrogens is 3. The van der Waals surface area contributed by atoms with Crippen LogP contribution in [0.1, 0.15) is 5.56 Å². The molecular formula is C24H19N3S2. The number of fused-ring (bicyclic) bond motifs is 2. The van der Waals surface area contributed by atoms with Crippen LogP contribution in [0.4, 0.5) is 0 Å². The molecule has 0 saturated heterocycles. The lowest BCUT2D eigenvalue weighted by molar-refractivity contribution is 0.731. The largest absolute Gasteiger partial charge is 0.298 e. The van der Waals surface area contributed by atoms with E-state index in [9.17, 15) is 0 Å². The number of hydrogen-bond acceptors (Lipinski definition) is 4. The average molecular weight is 414 g/mol. The number of allylic oxidation sites excluding steroid dienone is 1. The fraction of sp³-hybridized carbons (Fsp3) is 0.0833. The van der Waals surface area contributed by atoms with E-state index in [0.717, 1.165) is 22.3 Å². The second-order valence-electron chi connectivity index (χ2n) is 6.78. The van der Waals surface area contributed by atoms with Crippen molar-refractivity contribution < 1.29 is 0 Å². The molecule has 142 valence electrons. The second kappa shape index (κ2) is 7.85. The Labute approximate surface area is 177 Å². The molecule has 0 atom stereocenters. The number of benzene rings is 3. The van der Waals surface area contributed by atoms with E-state index in [-0.39, 0.29) is 0 Å². The van der Waals surface area contributed by atoms with Gasteiger partial charge in [-0.15, -0.1) is 28.1 Å². The van der Waals surface area contributed by atoms with E-state index < -0.39 is 0 Å². The van der Waals surface area contributed by atoms with E-state index in [2.05, 4.69) is 93.5 Å². The van der Waals surface area contributed by atoms with Crippen LogP contribution in [0.2, 0.25) is 0 Å². The summed E-state index contributed by atoms with van der Waals surface area (Å²) in [6.07, 6.45) is 1.91. The van der Waals surface area contributed by atoms with E-state index >= 15 is 0 Å². The highest BCUT2D eigenvalue weighted by Crippen LogP contribution is 2.35. The van der Waals surface area contributed by atoms with Crippen molar-refractivity contribution in [2.75, 3.05) is 0 Å². The SMILES string of the molecule is C=CCn1c(SCc2cccc3ccccc23)nnc1-c1csc2ccccc12. The first-order valence-electron chi connectivity index (χ1n) is 9.45. The lowest BCUT2D eigenvalue weighted by atomic mass is 10.1. The molecule has 2 aromatic heterocycles. The predicted molar refractivity (Wildman–Crippen MR) is 125 cm³/mol. The predicted octanol–water partition coefficient (Wildman–Crippen LogP) is 6.79. The smallest absolute Gasteiger partial charge is 0.192 e. The molecule has 5 rings (SSSR count). The lowest BCUT2D eigenvalue weighted by Gasteiger charge is -2.09. The Hall–Kier alpha value is -2.89. The maximum absolute atomic E-state index is 4.55. The molecule has 0 aliphatic carbocycles. The van der Waals surface area contributed by atoms with Crippen LogP contribution in [-0.2, 0) is 12.3 Å². The normalized spacial score (nSPS) is 11.3. The van der Waals surface area contributed by atoms with E-state index in [4.69, 9.17) is 0 Å². The average Bonchev–Trinajstić information content (AvgIpc) is 3.36. The number of rotatable bonds is 6. The second-order valence-corrected chi connectivity index (χ2v) is 8.63. The van der Waals surface area contributed by atoms with Crippen LogP contribution in [-0.4, -0.2) is 14.8 Å². The first kappa shape index (κ1) is 18.2. The molecule has 0 spiro atoms. The molecule has 0 radical (unpaired) electrons. The Morgan fingerprint density at radius 3 is 2.62 bits per heavy atom. The number of thioether (sulfide) groups is 1. The van der Waals surface area contributed by atoms with Crippen LogP contribution in [0.5, 0.6) is 0 Å². The number of hydrogen-bond donors (Lipinski definition) is 0. The van der Waals surface area contributed by atoms with Gasteiger partial charge in [0.15, 0.2) is 11.0 Å². The zero-order valence-electron chi connectivity index (χ0n) is 15.8. The van der Waals surface area contributed by atoms with Gasteiger partial charge in [0.25, 0.3) is 0 Å². The standard InChI is InChI=1S/C24H19N3S2/c1-2-14-27-23(21-16-28-22-13-6-5-12-20(21)22)25-26-24(27)29-15-18-10-7-9-17-8-3-4-11-19(17)18/h2-13,16H,1,14-15H2. The van der Waals surface area contributed by atoms with E-state index in [1.165, 1.54) is 26.4 Å². The van der Waals surface area contributed by atoms with Gasteiger partial charge in [-0.2, -0.15) is 0 Å². The third-order valence-electron chi connectivity index (χ3n) is 4.99. The summed E-state index contributed by atoms with van der Waals surface area (Å²) in [5, 5.41) is 16.0. The van der Waals surface area contributed by atoms with Gasteiger partial charge in [0, 0.05) is 33.3 Å². The van der Waals surface area contributed by atoms with E-state index in [1.54, 1.807) is 23.1 Å². The quantitative estimate of drug-likeness (QED) is 0.227. The third kappa shape index (κ3) is 3.37. The lowest BCUT2D eigenvalue weighted by Crippen LogP contribution is -2.00. The molecule has 3 aromatic carbocycles. The molecule has 0 N–H and O–H groups in total. The number of nitrogens with zero attached hydrogens (tertiary/aromatic N) is 3. The molecule has 3 nitrogen and oxygen atoms in total. The Kier molecular flexibility index (Phi) is 4.92. The van der Waals surface area contributed by atoms with Crippen LogP contribution in [0.15, 0.2) is 89.9 Å². The molecule has 0 saturated carbocycles. The fourth-order valence-electron chi connectivity index (χ4n) is 3.60. The highest BCUT2D eigenvalue weighted by atomic mass is 32.2. The highest BCUT2D eigenvalue weighted by molar-refractivity contribution is 7.98. The summed E-state index contributed by atoms with van der Waals surface area (Å²) in [5.74, 6) is 1.75. The fourth-order valence-corrected chi connectivity index (χ4v) is 5.49. The van der Waals surface area contributed by atoms with Gasteiger partial charge in [0.05, 0.1) is 0 Å². The van der Waals surface area contributed by atoms with Crippen LogP contribution >= 0.6 is 23.1 Å². The molecule has 5 aromatic rings. The van der Waals surface area contributed by atoms with Gasteiger partial charge < -0.3 is 0 Å². The van der Waals surface area contributed by atoms with Crippen molar-refractivity contribution in [2.45, 2.75) is 17.5 Å². The van der Waals surface area contributed by atoms with Gasteiger partial charge >= 0.3 is 0 Å². The maximum Gasteiger partial charge on any atom is 0.192 e. The Balaban J connectivity index is 1.50. The van der Waals surface area contributed by atoms with Gasteiger partial charge in [-0.3, -0.25) is 4.57 Å². The molecule has 5 heteroatoms. The minimum absolute atomic E-state index is 0.685. The molecule has 0 bridgehead atoms. The van der Waals surface area contributed by atoms with Gasteiger partial charge in [0.2, 0.25) is 0 Å². The zero-order valence-corrected chi connectivity index (χ0v) is 17.4. The molecule has 0 unspecified atom stereocenters. The summed E-state index contributed by atoms with van der Waals surface area (Å²) in [4.78, 5) is 0. The van der Waals surface area contributed by atoms with Crippen LogP contribution in [0, 0.1) is 0 Å². The topological polar surface area (TPSA) is 30.7 Å². The summed E-state index contributed by atoms with van der Waals surface area (Å²) >= 11 is 3.47. The van der Waals surface area contributed by atoms with Crippen LogP contribution in [0.3, 0.4) is 0 Å². The van der Waals surface area contributed by atoms with Crippen molar-refractivity contribution in [2.24, 2.45) is 0 Å². The third-order valence-corrected chi connectivity index (χ3v) is 6.97. The molecular weight excluding hydrogens is 394 g/mol. The molecule has 0 amide bonds. The monoisotopic (exact) mass is 413 g/mol. The molecule has 0 fully saturated rings. The van der Waals surface area contributed by atoms with Crippen molar-refractivity contribution in [3.05, 3.63) is 90.3 Å². The molecule has 0 aliphatic heterocycles. The van der Waals surface area contributed by atoms with E-state index in [0.29, 0.717) is 6.54 Å². The summed E-state index contributed by atoms with van der Waals surface area (Å²) in [6, 6.07) is 23.4. The first-order valence-corrected chi connectivity index (χ1v) is 11.3. The van der Waals surface area contributed by atoms with Crippen molar-refractivity contribution in [1.29, 1.82) is 0 Å². The van der Waals surface area contributed by atoms with Crippen molar-refractivity contribution >= 4 is 44.0 Å². The number of thiophene rings is 1. The Bertz CT molecular complexity index is 1310. The van der Waals surface area contributed by atoms with Crippen LogP contribution in [0.25, 0.3) is 32.2 Å². The first-order chi connectivity index (χ1) is 14.3. The van der Waals surface area contributed by atoms with Crippen molar-refractivity contribution in [3.63, 3.8) is 0 Å². The van der Waals surface area contributed by atoms with E-state index in [1.807, 2.05) is 6.08 Å². The highest BCUT2D eigenvalue weighted by Gasteiger charge is 2.17. The molecule has 0 aliphatic rings. The van der Waals surface area contributed by atoms with Crippen LogP contribution < -0.4 is 0 Å². The maximum atomic E-state index is 4.55. The van der Waals surface area contributed by atoms with Crippen molar-refractivity contribution in [1.82, 2.24) is 14.8 Å². The minimum atomic E-state index is 0.685. The summed E-state index contributed by atoms with van der Waals surface area (Å²) in [6.45, 7) is 4.62. The summed E-state index contributed by atoms with van der Waals surface area (Å²) in [5.41, 5.74) is 2.45. The summed E-state index contributed by atoms with van der Waals surface area (Å²) < 4.78 is 3.43. The summed E-state index contributed by atoms with van der Waals surface area (Å²) in [7, 11) is 0. The Morgan fingerprint density at radius 2 is 1.72 bits per heavy atom. The van der Waals surface area contributed by atoms with Crippen molar-refractivity contribution in [3.8, 4) is 11.4 Å². The molecule has 2 heterocycles. The zero-order chi connectivity index (χ0) is 19.6. The Morgan fingerprint density at radius 1 is 0.931 bits per heavy atom. The van der Waals surface area contributed by atoms with Gasteiger partial charge in [-0.25, -0.2) is 0 Å². The minimum Gasteiger partial charge on any atom is -0.298 e. The van der Waals surface area contributed by atoms with Gasteiger partial charge in [-0.1, -0.05) is 78.5 Å².